The van der Waals surface area contributed by atoms with E-state index in [2.05, 4.69) is 10.5 Å². The van der Waals surface area contributed by atoms with Gasteiger partial charge in [-0.1, -0.05) is 11.6 Å². The highest BCUT2D eigenvalue weighted by Gasteiger charge is 2.37. The molecule has 0 saturated heterocycles. The van der Waals surface area contributed by atoms with Crippen molar-refractivity contribution in [1.29, 1.82) is 0 Å². The van der Waals surface area contributed by atoms with Gasteiger partial charge in [-0.2, -0.15) is 0 Å². The van der Waals surface area contributed by atoms with Crippen LogP contribution >= 0.6 is 0 Å². The maximum atomic E-state index is 13.6. The zero-order valence-corrected chi connectivity index (χ0v) is 14.7. The Hall–Kier alpha value is -2.61. The minimum Gasteiger partial charge on any atom is -0.494 e. The third kappa shape index (κ3) is 3.37. The zero-order valence-electron chi connectivity index (χ0n) is 14.7. The van der Waals surface area contributed by atoms with Crippen LogP contribution < -0.4 is 10.1 Å². The molecule has 0 atom stereocenters. The molecule has 1 aromatic carbocycles. The number of ether oxygens (including phenoxy) is 2. The highest BCUT2D eigenvalue weighted by molar-refractivity contribution is 5.99. The van der Waals surface area contributed by atoms with Crippen molar-refractivity contribution in [3.8, 4) is 17.1 Å². The van der Waals surface area contributed by atoms with Crippen LogP contribution in [0.25, 0.3) is 11.3 Å². The number of aromatic nitrogens is 1. The van der Waals surface area contributed by atoms with E-state index in [-0.39, 0.29) is 28.3 Å². The fourth-order valence-corrected chi connectivity index (χ4v) is 3.23. The normalized spacial score (nSPS) is 15.3. The lowest BCUT2D eigenvalue weighted by atomic mass is 9.69. The molecule has 1 aromatic heterocycles. The Morgan fingerprint density at radius 3 is 2.77 bits per heavy atom. The van der Waals surface area contributed by atoms with Crippen LogP contribution in [0.4, 0.5) is 10.2 Å². The first kappa shape index (κ1) is 18.2. The number of carboxylic acids is 1. The number of hydrogen-bond donors (Lipinski definition) is 2. The lowest BCUT2D eigenvalue weighted by Gasteiger charge is -2.41. The van der Waals surface area contributed by atoms with E-state index in [1.54, 1.807) is 7.11 Å². The van der Waals surface area contributed by atoms with E-state index < -0.39 is 11.8 Å². The zero-order chi connectivity index (χ0) is 18.7. The van der Waals surface area contributed by atoms with Crippen molar-refractivity contribution in [2.75, 3.05) is 32.7 Å². The van der Waals surface area contributed by atoms with Crippen molar-refractivity contribution in [1.82, 2.24) is 5.16 Å². The number of nitrogens with one attached hydrogen (secondary N) is 1. The quantitative estimate of drug-likeness (QED) is 0.741. The molecule has 26 heavy (non-hydrogen) atoms. The average Bonchev–Trinajstić information content (AvgIpc) is 3.02. The fraction of sp³-hybridized carbons (Fsp3) is 0.444. The van der Waals surface area contributed by atoms with Crippen LogP contribution in [0.1, 0.15) is 29.6 Å². The molecule has 0 aliphatic heterocycles. The molecule has 1 heterocycles. The number of carbonyl (C=O) groups is 1. The molecule has 3 rings (SSSR count). The van der Waals surface area contributed by atoms with Gasteiger partial charge in [0.2, 0.25) is 0 Å². The Morgan fingerprint density at radius 1 is 1.42 bits per heavy atom. The predicted molar refractivity (Wildman–Crippen MR) is 92.1 cm³/mol. The Bertz CT molecular complexity index is 801. The van der Waals surface area contributed by atoms with Crippen LogP contribution in [-0.4, -0.2) is 43.6 Å². The summed E-state index contributed by atoms with van der Waals surface area (Å²) in [6, 6.07) is 3.99. The molecule has 0 spiro atoms. The molecule has 0 unspecified atom stereocenters. The summed E-state index contributed by atoms with van der Waals surface area (Å²) in [4.78, 5) is 11.8. The van der Waals surface area contributed by atoms with Crippen molar-refractivity contribution >= 4 is 11.8 Å². The van der Waals surface area contributed by atoms with Crippen molar-refractivity contribution < 1.29 is 28.3 Å². The van der Waals surface area contributed by atoms with Gasteiger partial charge in [0.1, 0.15) is 0 Å². The van der Waals surface area contributed by atoms with Gasteiger partial charge in [-0.05, 0) is 31.0 Å². The molecular formula is C18H21FN2O5. The molecule has 0 amide bonds. The lowest BCUT2D eigenvalue weighted by Crippen LogP contribution is -2.40. The van der Waals surface area contributed by atoms with Crippen LogP contribution in [0.2, 0.25) is 0 Å². The number of nitrogens with zero attached hydrogens (tertiary/aromatic N) is 1. The number of aromatic carboxylic acids is 1. The van der Waals surface area contributed by atoms with Gasteiger partial charge < -0.3 is 24.4 Å². The molecular weight excluding hydrogens is 343 g/mol. The van der Waals surface area contributed by atoms with Crippen LogP contribution in [0.15, 0.2) is 22.7 Å². The Morgan fingerprint density at radius 2 is 2.19 bits per heavy atom. The Balaban J connectivity index is 1.88. The van der Waals surface area contributed by atoms with Crippen LogP contribution in [0.5, 0.6) is 5.75 Å². The summed E-state index contributed by atoms with van der Waals surface area (Å²) >= 11 is 0. The lowest BCUT2D eigenvalue weighted by molar-refractivity contribution is 0.0281. The molecule has 1 saturated carbocycles. The molecule has 0 bridgehead atoms. The first-order valence-corrected chi connectivity index (χ1v) is 8.29. The summed E-state index contributed by atoms with van der Waals surface area (Å²) in [5.41, 5.74) is 0.268. The summed E-state index contributed by atoms with van der Waals surface area (Å²) in [6.07, 6.45) is 3.14. The minimum absolute atomic E-state index is 0.00161. The third-order valence-electron chi connectivity index (χ3n) is 4.81. The first-order valence-electron chi connectivity index (χ1n) is 8.29. The van der Waals surface area contributed by atoms with E-state index in [1.165, 1.54) is 25.3 Å². The minimum atomic E-state index is -1.18. The maximum absolute atomic E-state index is 13.6. The van der Waals surface area contributed by atoms with Crippen molar-refractivity contribution in [2.45, 2.75) is 19.3 Å². The second-order valence-corrected chi connectivity index (χ2v) is 6.53. The molecule has 0 radical (unpaired) electrons. The molecule has 2 aromatic rings. The average molecular weight is 364 g/mol. The van der Waals surface area contributed by atoms with Crippen molar-refractivity contribution in [3.05, 3.63) is 29.6 Å². The second kappa shape index (κ2) is 7.33. The highest BCUT2D eigenvalue weighted by atomic mass is 19.1. The standard InChI is InChI=1S/C18H21FN2O5/c1-24-10-18(6-3-7-18)9-20-16-14(17(22)23)15(26-21-16)11-4-5-12(19)13(8-11)25-2/h4-5,8H,3,6-7,9-10H2,1-2H3,(H,20,21)(H,22,23). The number of halogens is 1. The van der Waals surface area contributed by atoms with E-state index in [9.17, 15) is 14.3 Å². The number of anilines is 1. The van der Waals surface area contributed by atoms with Gasteiger partial charge in [0, 0.05) is 24.6 Å². The SMILES string of the molecule is COCC1(CNc2noc(-c3ccc(F)c(OC)c3)c2C(=O)O)CCC1. The van der Waals surface area contributed by atoms with Gasteiger partial charge in [-0.3, -0.25) is 0 Å². The largest absolute Gasteiger partial charge is 0.494 e. The highest BCUT2D eigenvalue weighted by Crippen LogP contribution is 2.41. The second-order valence-electron chi connectivity index (χ2n) is 6.53. The third-order valence-corrected chi connectivity index (χ3v) is 4.81. The molecule has 7 nitrogen and oxygen atoms in total. The number of hydrogen-bond acceptors (Lipinski definition) is 6. The molecule has 1 fully saturated rings. The summed E-state index contributed by atoms with van der Waals surface area (Å²) in [5, 5.41) is 16.6. The number of methoxy groups -OCH3 is 2. The van der Waals surface area contributed by atoms with Gasteiger partial charge in [-0.25, -0.2) is 9.18 Å². The number of carboxylic acid groups (broad SMARTS) is 1. The smallest absolute Gasteiger partial charge is 0.343 e. The molecule has 1 aliphatic rings. The van der Waals surface area contributed by atoms with Gasteiger partial charge in [0.25, 0.3) is 0 Å². The van der Waals surface area contributed by atoms with E-state index in [4.69, 9.17) is 14.0 Å². The summed E-state index contributed by atoms with van der Waals surface area (Å²) < 4.78 is 29.1. The molecule has 2 N–H and O–H groups in total. The van der Waals surface area contributed by atoms with Crippen molar-refractivity contribution in [2.24, 2.45) is 5.41 Å². The van der Waals surface area contributed by atoms with Crippen LogP contribution in [0, 0.1) is 11.2 Å². The molecule has 140 valence electrons. The summed E-state index contributed by atoms with van der Waals surface area (Å²) in [7, 11) is 2.99. The van der Waals surface area contributed by atoms with E-state index in [1.807, 2.05) is 0 Å². The number of rotatable bonds is 8. The first-order chi connectivity index (χ1) is 12.5. The summed E-state index contributed by atoms with van der Waals surface area (Å²) in [6.45, 7) is 1.14. The van der Waals surface area contributed by atoms with E-state index in [0.29, 0.717) is 18.7 Å². The maximum Gasteiger partial charge on any atom is 0.343 e. The Kier molecular flexibility index (Phi) is 5.13. The van der Waals surface area contributed by atoms with Crippen LogP contribution in [-0.2, 0) is 4.74 Å². The van der Waals surface area contributed by atoms with Gasteiger partial charge in [-0.15, -0.1) is 0 Å². The van der Waals surface area contributed by atoms with Gasteiger partial charge in [0.05, 0.1) is 13.7 Å². The molecule has 8 heteroatoms. The van der Waals surface area contributed by atoms with Crippen molar-refractivity contribution in [3.63, 3.8) is 0 Å². The van der Waals surface area contributed by atoms with E-state index >= 15 is 0 Å². The number of benzene rings is 1. The molecule has 1 aliphatic carbocycles. The van der Waals surface area contributed by atoms with Crippen LogP contribution in [0.3, 0.4) is 0 Å². The van der Waals surface area contributed by atoms with E-state index in [0.717, 1.165) is 19.3 Å². The van der Waals surface area contributed by atoms with Gasteiger partial charge >= 0.3 is 5.97 Å². The summed E-state index contributed by atoms with van der Waals surface area (Å²) in [5.74, 6) is -1.52. The monoisotopic (exact) mass is 364 g/mol. The van der Waals surface area contributed by atoms with Gasteiger partial charge in [0.15, 0.2) is 28.7 Å². The topological polar surface area (TPSA) is 93.8 Å². The predicted octanol–water partition coefficient (Wildman–Crippen LogP) is 3.42. The Labute approximate surface area is 150 Å². The fourth-order valence-electron chi connectivity index (χ4n) is 3.23.